The smallest absolute Gasteiger partial charge is 0.122 e. The maximum atomic E-state index is 4.29. The Morgan fingerprint density at radius 3 is 2.89 bits per heavy atom. The largest absolute Gasteiger partial charge is 0.337 e. The molecule has 1 aromatic carbocycles. The number of nitrogens with one attached hydrogen (secondary N) is 1. The maximum absolute atomic E-state index is 4.29. The first-order chi connectivity index (χ1) is 9.34. The molecular formula is C15H16N4. The Balaban J connectivity index is 1.74. The van der Waals surface area contributed by atoms with Crippen LogP contribution in [0.1, 0.15) is 11.4 Å². The number of hydrogen-bond donors (Lipinski definition) is 1. The van der Waals surface area contributed by atoms with Gasteiger partial charge in [-0.3, -0.25) is 4.98 Å². The molecule has 4 heteroatoms. The number of benzene rings is 1. The van der Waals surface area contributed by atoms with E-state index in [4.69, 9.17) is 0 Å². The summed E-state index contributed by atoms with van der Waals surface area (Å²) in [5.41, 5.74) is 1.22. The van der Waals surface area contributed by atoms with Crippen LogP contribution in [0.4, 0.5) is 0 Å². The molecule has 0 amide bonds. The molecule has 0 aliphatic carbocycles. The van der Waals surface area contributed by atoms with E-state index in [-0.39, 0.29) is 0 Å². The highest BCUT2D eigenvalue weighted by atomic mass is 15.1. The van der Waals surface area contributed by atoms with Crippen molar-refractivity contribution in [3.63, 3.8) is 0 Å². The molecule has 0 saturated heterocycles. The Morgan fingerprint density at radius 1 is 1.16 bits per heavy atom. The van der Waals surface area contributed by atoms with Crippen LogP contribution in [-0.4, -0.2) is 14.5 Å². The van der Waals surface area contributed by atoms with Crippen LogP contribution in [0.25, 0.3) is 10.8 Å². The molecule has 0 saturated carbocycles. The van der Waals surface area contributed by atoms with Crippen molar-refractivity contribution in [3.8, 4) is 0 Å². The molecule has 0 fully saturated rings. The van der Waals surface area contributed by atoms with Crippen LogP contribution in [0.2, 0.25) is 0 Å². The van der Waals surface area contributed by atoms with Gasteiger partial charge in [-0.25, -0.2) is 4.98 Å². The lowest BCUT2D eigenvalue weighted by atomic mass is 10.1. The Hall–Kier alpha value is -2.20. The van der Waals surface area contributed by atoms with E-state index in [1.54, 1.807) is 0 Å². The summed E-state index contributed by atoms with van der Waals surface area (Å²) in [5.74, 6) is 1.04. The minimum Gasteiger partial charge on any atom is -0.337 e. The second-order valence-electron chi connectivity index (χ2n) is 4.58. The Labute approximate surface area is 112 Å². The number of aryl methyl sites for hydroxylation is 1. The lowest BCUT2D eigenvalue weighted by Crippen LogP contribution is -2.16. The van der Waals surface area contributed by atoms with Crippen molar-refractivity contribution in [1.82, 2.24) is 19.9 Å². The molecule has 0 bridgehead atoms. The quantitative estimate of drug-likeness (QED) is 0.774. The second kappa shape index (κ2) is 5.20. The molecule has 0 atom stereocenters. The highest BCUT2D eigenvalue weighted by Crippen LogP contribution is 2.16. The second-order valence-corrected chi connectivity index (χ2v) is 4.58. The fourth-order valence-corrected chi connectivity index (χ4v) is 2.20. The van der Waals surface area contributed by atoms with Gasteiger partial charge in [0.2, 0.25) is 0 Å². The molecule has 3 aromatic rings. The van der Waals surface area contributed by atoms with Gasteiger partial charge < -0.3 is 9.88 Å². The average Bonchev–Trinajstić information content (AvgIpc) is 2.85. The van der Waals surface area contributed by atoms with E-state index in [0.717, 1.165) is 18.9 Å². The number of nitrogens with zero attached hydrogens (tertiary/aromatic N) is 3. The fraction of sp³-hybridized carbons (Fsp3) is 0.200. The van der Waals surface area contributed by atoms with Crippen LogP contribution in [0.3, 0.4) is 0 Å². The van der Waals surface area contributed by atoms with Crippen LogP contribution < -0.4 is 5.32 Å². The fourth-order valence-electron chi connectivity index (χ4n) is 2.20. The zero-order chi connectivity index (χ0) is 13.1. The molecule has 4 nitrogen and oxygen atoms in total. The van der Waals surface area contributed by atoms with Crippen molar-refractivity contribution >= 4 is 10.8 Å². The molecule has 0 aliphatic rings. The number of pyridine rings is 1. The summed E-state index contributed by atoms with van der Waals surface area (Å²) < 4.78 is 2.02. The van der Waals surface area contributed by atoms with Gasteiger partial charge in [0, 0.05) is 43.8 Å². The minimum atomic E-state index is 0.757. The lowest BCUT2D eigenvalue weighted by molar-refractivity contribution is 0.640. The van der Waals surface area contributed by atoms with Crippen LogP contribution in [-0.2, 0) is 20.1 Å². The van der Waals surface area contributed by atoms with E-state index in [0.29, 0.717) is 0 Å². The molecule has 19 heavy (non-hydrogen) atoms. The highest BCUT2D eigenvalue weighted by Gasteiger charge is 2.02. The third-order valence-electron chi connectivity index (χ3n) is 3.27. The standard InChI is InChI=1S/C15H16N4/c1-19-7-6-18-15(19)11-17-10-13-9-16-8-12-4-2-3-5-14(12)13/h2-9,17H,10-11H2,1H3. The normalized spacial score (nSPS) is 11.0. The summed E-state index contributed by atoms with van der Waals surface area (Å²) >= 11 is 0. The number of rotatable bonds is 4. The topological polar surface area (TPSA) is 42.7 Å². The van der Waals surface area contributed by atoms with Crippen LogP contribution >= 0.6 is 0 Å². The predicted octanol–water partition coefficient (Wildman–Crippen LogP) is 2.26. The summed E-state index contributed by atoms with van der Waals surface area (Å²) in [6.45, 7) is 1.55. The Bertz CT molecular complexity index is 682. The summed E-state index contributed by atoms with van der Waals surface area (Å²) in [6.07, 6.45) is 7.60. The maximum Gasteiger partial charge on any atom is 0.122 e. The van der Waals surface area contributed by atoms with Crippen molar-refractivity contribution < 1.29 is 0 Å². The summed E-state index contributed by atoms with van der Waals surface area (Å²) in [7, 11) is 2.00. The zero-order valence-electron chi connectivity index (χ0n) is 10.9. The molecule has 2 aromatic heterocycles. The molecule has 0 radical (unpaired) electrons. The van der Waals surface area contributed by atoms with Crippen LogP contribution in [0.15, 0.2) is 49.1 Å². The minimum absolute atomic E-state index is 0.757. The van der Waals surface area contributed by atoms with Gasteiger partial charge >= 0.3 is 0 Å². The van der Waals surface area contributed by atoms with Crippen molar-refractivity contribution in [2.24, 2.45) is 7.05 Å². The van der Waals surface area contributed by atoms with Gasteiger partial charge in [-0.15, -0.1) is 0 Å². The van der Waals surface area contributed by atoms with E-state index < -0.39 is 0 Å². The molecule has 0 spiro atoms. The van der Waals surface area contributed by atoms with Crippen molar-refractivity contribution in [3.05, 3.63) is 60.4 Å². The number of hydrogen-bond acceptors (Lipinski definition) is 3. The van der Waals surface area contributed by atoms with Gasteiger partial charge in [0.15, 0.2) is 0 Å². The van der Waals surface area contributed by atoms with Crippen molar-refractivity contribution in [2.75, 3.05) is 0 Å². The molecule has 3 rings (SSSR count). The van der Waals surface area contributed by atoms with Gasteiger partial charge in [0.05, 0.1) is 6.54 Å². The molecule has 2 heterocycles. The monoisotopic (exact) mass is 252 g/mol. The molecule has 0 unspecified atom stereocenters. The first kappa shape index (κ1) is 11.9. The molecule has 0 aliphatic heterocycles. The van der Waals surface area contributed by atoms with Crippen molar-refractivity contribution in [2.45, 2.75) is 13.1 Å². The highest BCUT2D eigenvalue weighted by molar-refractivity contribution is 5.84. The van der Waals surface area contributed by atoms with Crippen LogP contribution in [0, 0.1) is 0 Å². The van der Waals surface area contributed by atoms with Crippen LogP contribution in [0.5, 0.6) is 0 Å². The zero-order valence-corrected chi connectivity index (χ0v) is 10.9. The van der Waals surface area contributed by atoms with E-state index >= 15 is 0 Å². The Kier molecular flexibility index (Phi) is 3.25. The molecule has 1 N–H and O–H groups in total. The Morgan fingerprint density at radius 2 is 2.05 bits per heavy atom. The third kappa shape index (κ3) is 2.48. The number of aromatic nitrogens is 3. The summed E-state index contributed by atoms with van der Waals surface area (Å²) in [5, 5.41) is 5.85. The first-order valence-corrected chi connectivity index (χ1v) is 6.33. The van der Waals surface area contributed by atoms with Gasteiger partial charge in [0.25, 0.3) is 0 Å². The number of fused-ring (bicyclic) bond motifs is 1. The van der Waals surface area contributed by atoms with E-state index in [2.05, 4.69) is 33.5 Å². The molecular weight excluding hydrogens is 236 g/mol. The van der Waals surface area contributed by atoms with E-state index in [1.807, 2.05) is 42.5 Å². The third-order valence-corrected chi connectivity index (χ3v) is 3.27. The van der Waals surface area contributed by atoms with Crippen molar-refractivity contribution in [1.29, 1.82) is 0 Å². The van der Waals surface area contributed by atoms with Gasteiger partial charge in [-0.2, -0.15) is 0 Å². The first-order valence-electron chi connectivity index (χ1n) is 6.33. The predicted molar refractivity (Wildman–Crippen MR) is 75.5 cm³/mol. The van der Waals surface area contributed by atoms with Gasteiger partial charge in [-0.1, -0.05) is 24.3 Å². The SMILES string of the molecule is Cn1ccnc1CNCc1cncc2ccccc12. The van der Waals surface area contributed by atoms with E-state index in [1.165, 1.54) is 16.3 Å². The van der Waals surface area contributed by atoms with Gasteiger partial charge in [-0.05, 0) is 10.9 Å². The number of imidazole rings is 1. The summed E-state index contributed by atoms with van der Waals surface area (Å²) in [6, 6.07) is 8.32. The van der Waals surface area contributed by atoms with Gasteiger partial charge in [0.1, 0.15) is 5.82 Å². The average molecular weight is 252 g/mol. The van der Waals surface area contributed by atoms with E-state index in [9.17, 15) is 0 Å². The molecule has 96 valence electrons. The lowest BCUT2D eigenvalue weighted by Gasteiger charge is -2.07. The summed E-state index contributed by atoms with van der Waals surface area (Å²) in [4.78, 5) is 8.58.